The first-order valence-corrected chi connectivity index (χ1v) is 9.52. The number of likely N-dealkylation sites (tertiary alicyclic amines) is 1. The van der Waals surface area contributed by atoms with Crippen molar-refractivity contribution in [1.29, 1.82) is 0 Å². The van der Waals surface area contributed by atoms with Crippen LogP contribution in [0.4, 0.5) is 4.39 Å². The van der Waals surface area contributed by atoms with Crippen molar-refractivity contribution in [3.63, 3.8) is 0 Å². The van der Waals surface area contributed by atoms with Gasteiger partial charge in [-0.1, -0.05) is 18.2 Å². The molecule has 6 heteroatoms. The Morgan fingerprint density at radius 3 is 2.54 bits per heavy atom. The van der Waals surface area contributed by atoms with Gasteiger partial charge >= 0.3 is 0 Å². The molecule has 0 aliphatic carbocycles. The number of carbonyl (C=O) groups is 2. The van der Waals surface area contributed by atoms with Crippen LogP contribution in [0, 0.1) is 5.82 Å². The molecule has 0 spiro atoms. The normalized spacial score (nSPS) is 15.0. The van der Waals surface area contributed by atoms with Gasteiger partial charge in [-0.05, 0) is 48.7 Å². The molecule has 2 heterocycles. The molecule has 0 unspecified atom stereocenters. The molecule has 1 aliphatic heterocycles. The Bertz CT molecular complexity index is 990. The van der Waals surface area contributed by atoms with E-state index in [1.54, 1.807) is 0 Å². The van der Waals surface area contributed by atoms with E-state index in [1.807, 2.05) is 35.4 Å². The van der Waals surface area contributed by atoms with Crippen LogP contribution >= 0.6 is 0 Å². The number of hydrogen-bond donors (Lipinski definition) is 2. The summed E-state index contributed by atoms with van der Waals surface area (Å²) in [7, 11) is 0. The number of benzene rings is 2. The highest BCUT2D eigenvalue weighted by Gasteiger charge is 2.29. The summed E-state index contributed by atoms with van der Waals surface area (Å²) >= 11 is 0. The van der Waals surface area contributed by atoms with Crippen molar-refractivity contribution >= 4 is 22.7 Å². The Balaban J connectivity index is 1.58. The third-order valence-corrected chi connectivity index (χ3v) is 5.23. The second-order valence-electron chi connectivity index (χ2n) is 7.13. The van der Waals surface area contributed by atoms with E-state index in [1.165, 1.54) is 24.3 Å². The van der Waals surface area contributed by atoms with E-state index in [0.29, 0.717) is 12.0 Å². The predicted molar refractivity (Wildman–Crippen MR) is 105 cm³/mol. The average molecular weight is 379 g/mol. The van der Waals surface area contributed by atoms with E-state index < -0.39 is 11.9 Å². The van der Waals surface area contributed by atoms with Crippen LogP contribution in [0.25, 0.3) is 10.9 Å². The molecule has 1 aliphatic rings. The molecule has 1 aromatic heterocycles. The largest absolute Gasteiger partial charge is 0.361 e. The summed E-state index contributed by atoms with van der Waals surface area (Å²) in [6.07, 6.45) is 4.25. The fraction of sp³-hybridized carbons (Fsp3) is 0.273. The number of para-hydroxylation sites is 1. The van der Waals surface area contributed by atoms with Gasteiger partial charge in [0.05, 0.1) is 0 Å². The van der Waals surface area contributed by atoms with Crippen molar-refractivity contribution in [2.75, 3.05) is 13.1 Å². The van der Waals surface area contributed by atoms with Gasteiger partial charge in [-0.25, -0.2) is 4.39 Å². The number of fused-ring (bicyclic) bond motifs is 1. The smallest absolute Gasteiger partial charge is 0.251 e. The molecule has 2 amide bonds. The summed E-state index contributed by atoms with van der Waals surface area (Å²) in [6, 6.07) is 12.5. The summed E-state index contributed by atoms with van der Waals surface area (Å²) in [5.74, 6) is -0.851. The van der Waals surface area contributed by atoms with Gasteiger partial charge in [0.2, 0.25) is 5.91 Å². The number of carbonyl (C=O) groups excluding carboxylic acids is 2. The summed E-state index contributed by atoms with van der Waals surface area (Å²) < 4.78 is 13.1. The van der Waals surface area contributed by atoms with Gasteiger partial charge in [-0.2, -0.15) is 0 Å². The molecular formula is C22H22FN3O2. The van der Waals surface area contributed by atoms with Crippen LogP contribution in [-0.2, 0) is 11.2 Å². The van der Waals surface area contributed by atoms with Crippen LogP contribution in [0.5, 0.6) is 0 Å². The zero-order valence-electron chi connectivity index (χ0n) is 15.5. The molecule has 144 valence electrons. The molecule has 2 aromatic carbocycles. The average Bonchev–Trinajstić information content (AvgIpc) is 3.38. The summed E-state index contributed by atoms with van der Waals surface area (Å²) in [4.78, 5) is 30.8. The number of halogens is 1. The van der Waals surface area contributed by atoms with Crippen LogP contribution in [0.1, 0.15) is 28.8 Å². The molecule has 0 radical (unpaired) electrons. The Morgan fingerprint density at radius 1 is 1.07 bits per heavy atom. The van der Waals surface area contributed by atoms with E-state index in [0.717, 1.165) is 42.4 Å². The topological polar surface area (TPSA) is 65.2 Å². The highest BCUT2D eigenvalue weighted by atomic mass is 19.1. The van der Waals surface area contributed by atoms with Gasteiger partial charge in [-0.3, -0.25) is 9.59 Å². The van der Waals surface area contributed by atoms with Gasteiger partial charge in [0, 0.05) is 42.2 Å². The van der Waals surface area contributed by atoms with Crippen LogP contribution in [-0.4, -0.2) is 40.8 Å². The number of aromatic amines is 1. The van der Waals surface area contributed by atoms with Gasteiger partial charge in [0.25, 0.3) is 5.91 Å². The monoisotopic (exact) mass is 379 g/mol. The van der Waals surface area contributed by atoms with Crippen molar-refractivity contribution < 1.29 is 14.0 Å². The van der Waals surface area contributed by atoms with E-state index in [-0.39, 0.29) is 11.8 Å². The number of hydrogen-bond acceptors (Lipinski definition) is 2. The third kappa shape index (κ3) is 3.76. The first kappa shape index (κ1) is 18.2. The molecule has 0 bridgehead atoms. The zero-order valence-corrected chi connectivity index (χ0v) is 15.5. The summed E-state index contributed by atoms with van der Waals surface area (Å²) in [6.45, 7) is 1.44. The third-order valence-electron chi connectivity index (χ3n) is 5.23. The number of aromatic nitrogens is 1. The minimum absolute atomic E-state index is 0.0711. The first-order valence-electron chi connectivity index (χ1n) is 9.52. The van der Waals surface area contributed by atoms with Gasteiger partial charge < -0.3 is 15.2 Å². The van der Waals surface area contributed by atoms with Crippen molar-refractivity contribution in [1.82, 2.24) is 15.2 Å². The van der Waals surface area contributed by atoms with Gasteiger partial charge in [0.15, 0.2) is 0 Å². The molecular weight excluding hydrogens is 357 g/mol. The van der Waals surface area contributed by atoms with Crippen LogP contribution < -0.4 is 5.32 Å². The lowest BCUT2D eigenvalue weighted by atomic mass is 10.0. The van der Waals surface area contributed by atoms with E-state index in [4.69, 9.17) is 0 Å². The lowest BCUT2D eigenvalue weighted by Gasteiger charge is -2.24. The van der Waals surface area contributed by atoms with Crippen molar-refractivity contribution in [2.24, 2.45) is 0 Å². The molecule has 4 rings (SSSR count). The number of rotatable bonds is 5. The molecule has 2 N–H and O–H groups in total. The van der Waals surface area contributed by atoms with E-state index >= 15 is 0 Å². The predicted octanol–water partition coefficient (Wildman–Crippen LogP) is 3.27. The molecule has 28 heavy (non-hydrogen) atoms. The number of H-pyrrole nitrogens is 1. The van der Waals surface area contributed by atoms with Crippen LogP contribution in [0.3, 0.4) is 0 Å². The maximum atomic E-state index is 13.1. The van der Waals surface area contributed by atoms with Crippen molar-refractivity contribution in [3.8, 4) is 0 Å². The lowest BCUT2D eigenvalue weighted by Crippen LogP contribution is -2.49. The Labute approximate surface area is 162 Å². The molecule has 0 saturated carbocycles. The highest BCUT2D eigenvalue weighted by Crippen LogP contribution is 2.20. The SMILES string of the molecule is O=C(N[C@@H](Cc1c[nH]c2ccccc12)C(=O)N1CCCC1)c1ccc(F)cc1. The molecule has 1 saturated heterocycles. The number of nitrogens with zero attached hydrogens (tertiary/aromatic N) is 1. The Kier molecular flexibility index (Phi) is 5.10. The van der Waals surface area contributed by atoms with Crippen molar-refractivity contribution in [2.45, 2.75) is 25.3 Å². The number of amides is 2. The standard InChI is InChI=1S/C22H22FN3O2/c23-17-9-7-15(8-10-17)21(27)25-20(22(28)26-11-3-4-12-26)13-16-14-24-19-6-2-1-5-18(16)19/h1-2,5-10,14,20,24H,3-4,11-13H2,(H,25,27)/t20-/m0/s1. The second-order valence-corrected chi connectivity index (χ2v) is 7.13. The van der Waals surface area contributed by atoms with Gasteiger partial charge in [0.1, 0.15) is 11.9 Å². The molecule has 1 fully saturated rings. The van der Waals surface area contributed by atoms with E-state index in [2.05, 4.69) is 10.3 Å². The van der Waals surface area contributed by atoms with Gasteiger partial charge in [-0.15, -0.1) is 0 Å². The Morgan fingerprint density at radius 2 is 1.79 bits per heavy atom. The van der Waals surface area contributed by atoms with Crippen molar-refractivity contribution in [3.05, 3.63) is 71.7 Å². The first-order chi connectivity index (χ1) is 13.6. The van der Waals surface area contributed by atoms with E-state index in [9.17, 15) is 14.0 Å². The highest BCUT2D eigenvalue weighted by molar-refractivity contribution is 5.98. The summed E-state index contributed by atoms with van der Waals surface area (Å²) in [5.41, 5.74) is 2.31. The molecule has 3 aromatic rings. The molecule has 1 atom stereocenters. The minimum atomic E-state index is -0.671. The van der Waals surface area contributed by atoms with Crippen LogP contribution in [0.2, 0.25) is 0 Å². The fourth-order valence-corrected chi connectivity index (χ4v) is 3.72. The second kappa shape index (κ2) is 7.84. The maximum Gasteiger partial charge on any atom is 0.251 e. The quantitative estimate of drug-likeness (QED) is 0.715. The van der Waals surface area contributed by atoms with Crippen LogP contribution in [0.15, 0.2) is 54.7 Å². The number of nitrogens with one attached hydrogen (secondary N) is 2. The fourth-order valence-electron chi connectivity index (χ4n) is 3.72. The zero-order chi connectivity index (χ0) is 19.5. The summed E-state index contributed by atoms with van der Waals surface area (Å²) in [5, 5.41) is 3.91. The maximum absolute atomic E-state index is 13.1. The lowest BCUT2D eigenvalue weighted by molar-refractivity contribution is -0.132. The molecule has 5 nitrogen and oxygen atoms in total. The Hall–Kier alpha value is -3.15. The minimum Gasteiger partial charge on any atom is -0.361 e.